The number of halogens is 3. The highest BCUT2D eigenvalue weighted by molar-refractivity contribution is 6.03. The molecule has 0 unspecified atom stereocenters. The normalized spacial score (nSPS) is 14.3. The van der Waals surface area contributed by atoms with Crippen LogP contribution in [0, 0.1) is 11.3 Å². The molecule has 3 heterocycles. The van der Waals surface area contributed by atoms with Gasteiger partial charge in [-0.05, 0) is 18.9 Å². The van der Waals surface area contributed by atoms with Gasteiger partial charge in [-0.25, -0.2) is 9.50 Å². The highest BCUT2D eigenvalue weighted by Gasteiger charge is 2.37. The van der Waals surface area contributed by atoms with Gasteiger partial charge in [0.2, 0.25) is 0 Å². The van der Waals surface area contributed by atoms with Crippen LogP contribution in [-0.4, -0.2) is 30.3 Å². The molecule has 1 aliphatic rings. The fraction of sp³-hybridized carbons (Fsp3) is 0.312. The lowest BCUT2D eigenvalue weighted by Gasteiger charge is -2.10. The van der Waals surface area contributed by atoms with E-state index < -0.39 is 17.8 Å². The molecule has 4 rings (SSSR count). The number of alkyl halides is 3. The molecule has 0 spiro atoms. The second-order valence-corrected chi connectivity index (χ2v) is 6.23. The van der Waals surface area contributed by atoms with Crippen molar-refractivity contribution in [3.05, 3.63) is 41.0 Å². The number of nitrogens with zero attached hydrogens (tertiary/aromatic N) is 6. The quantitative estimate of drug-likeness (QED) is 0.758. The van der Waals surface area contributed by atoms with Crippen LogP contribution in [0.5, 0.6) is 0 Å². The lowest BCUT2D eigenvalue weighted by Crippen LogP contribution is -2.17. The van der Waals surface area contributed by atoms with E-state index in [0.717, 1.165) is 18.9 Å². The van der Waals surface area contributed by atoms with Gasteiger partial charge in [0, 0.05) is 24.7 Å². The zero-order chi connectivity index (χ0) is 19.3. The molecule has 0 aliphatic heterocycles. The fourth-order valence-electron chi connectivity index (χ4n) is 2.73. The van der Waals surface area contributed by atoms with Crippen molar-refractivity contribution >= 4 is 17.4 Å². The van der Waals surface area contributed by atoms with Crippen molar-refractivity contribution in [1.29, 1.82) is 5.26 Å². The predicted octanol–water partition coefficient (Wildman–Crippen LogP) is 2.48. The number of aromatic nitrogens is 5. The van der Waals surface area contributed by atoms with Gasteiger partial charge in [0.25, 0.3) is 5.91 Å². The van der Waals surface area contributed by atoms with E-state index >= 15 is 0 Å². The molecule has 0 radical (unpaired) electrons. The number of hydrogen-bond acceptors (Lipinski definition) is 5. The Bertz CT molecular complexity index is 1100. The number of amides is 1. The number of carbonyl (C=O) groups is 1. The van der Waals surface area contributed by atoms with Crippen LogP contribution in [0.1, 0.15) is 46.2 Å². The number of anilines is 1. The molecule has 11 heteroatoms. The minimum atomic E-state index is -4.64. The molecule has 3 aromatic heterocycles. The topological polar surface area (TPSA) is 101 Å². The van der Waals surface area contributed by atoms with Gasteiger partial charge in [0.05, 0.1) is 6.20 Å². The highest BCUT2D eigenvalue weighted by Crippen LogP contribution is 2.41. The van der Waals surface area contributed by atoms with Crippen LogP contribution in [0.3, 0.4) is 0 Å². The first-order valence-electron chi connectivity index (χ1n) is 7.99. The average Bonchev–Trinajstić information content (AvgIpc) is 3.28. The number of nitrogens with one attached hydrogen (secondary N) is 1. The van der Waals surface area contributed by atoms with E-state index in [0.29, 0.717) is 10.2 Å². The third-order valence-corrected chi connectivity index (χ3v) is 4.26. The van der Waals surface area contributed by atoms with Crippen LogP contribution in [0.15, 0.2) is 18.3 Å². The van der Waals surface area contributed by atoms with Crippen LogP contribution < -0.4 is 5.32 Å². The van der Waals surface area contributed by atoms with Crippen LogP contribution in [-0.2, 0) is 13.2 Å². The first-order valence-corrected chi connectivity index (χ1v) is 7.99. The molecule has 3 aromatic rings. The Labute approximate surface area is 150 Å². The number of rotatable bonds is 3. The summed E-state index contributed by atoms with van der Waals surface area (Å²) in [6.45, 7) is 0. The van der Waals surface area contributed by atoms with Crippen molar-refractivity contribution in [2.45, 2.75) is 24.9 Å². The molecular weight excluding hydrogens is 363 g/mol. The van der Waals surface area contributed by atoms with E-state index in [1.165, 1.54) is 24.0 Å². The van der Waals surface area contributed by atoms with Gasteiger partial charge in [-0.3, -0.25) is 9.48 Å². The maximum atomic E-state index is 13.4. The molecule has 27 heavy (non-hydrogen) atoms. The van der Waals surface area contributed by atoms with Crippen molar-refractivity contribution in [3.8, 4) is 6.07 Å². The summed E-state index contributed by atoms with van der Waals surface area (Å²) in [5, 5.41) is 19.1. The van der Waals surface area contributed by atoms with Gasteiger partial charge < -0.3 is 5.32 Å². The van der Waals surface area contributed by atoms with E-state index in [9.17, 15) is 18.0 Å². The van der Waals surface area contributed by atoms with E-state index in [2.05, 4.69) is 20.5 Å². The maximum Gasteiger partial charge on any atom is 0.433 e. The minimum absolute atomic E-state index is 0.0101. The van der Waals surface area contributed by atoms with Crippen LogP contribution >= 0.6 is 0 Å². The molecule has 0 aromatic carbocycles. The Kier molecular flexibility index (Phi) is 3.66. The zero-order valence-electron chi connectivity index (χ0n) is 13.9. The fourth-order valence-corrected chi connectivity index (χ4v) is 2.73. The van der Waals surface area contributed by atoms with E-state index in [-0.39, 0.29) is 28.6 Å². The predicted molar refractivity (Wildman–Crippen MR) is 85.8 cm³/mol. The Balaban J connectivity index is 1.75. The highest BCUT2D eigenvalue weighted by atomic mass is 19.4. The van der Waals surface area contributed by atoms with Crippen molar-refractivity contribution in [3.63, 3.8) is 0 Å². The van der Waals surface area contributed by atoms with Crippen molar-refractivity contribution in [2.24, 2.45) is 7.05 Å². The van der Waals surface area contributed by atoms with Crippen LogP contribution in [0.2, 0.25) is 0 Å². The van der Waals surface area contributed by atoms with Gasteiger partial charge in [0.1, 0.15) is 23.1 Å². The standard InChI is InChI=1S/C16H12F3N7O/c1-25-14(9(6-20)7-21-25)23-15(27)11-5-13-22-10(8-2-3-8)4-12(16(17,18)19)26(13)24-11/h4-5,7-8H,2-3H2,1H3,(H,23,27). The number of carbonyl (C=O) groups excluding carboxylic acids is 1. The summed E-state index contributed by atoms with van der Waals surface area (Å²) < 4.78 is 42.1. The summed E-state index contributed by atoms with van der Waals surface area (Å²) >= 11 is 0. The summed E-state index contributed by atoms with van der Waals surface area (Å²) in [7, 11) is 1.52. The summed E-state index contributed by atoms with van der Waals surface area (Å²) in [5.74, 6) is -0.625. The lowest BCUT2D eigenvalue weighted by molar-refractivity contribution is -0.142. The van der Waals surface area contributed by atoms with E-state index in [1.54, 1.807) is 0 Å². The number of aryl methyl sites for hydroxylation is 1. The Morgan fingerprint density at radius 2 is 2.11 bits per heavy atom. The summed E-state index contributed by atoms with van der Waals surface area (Å²) in [6, 6.07) is 4.04. The number of hydrogen-bond donors (Lipinski definition) is 1. The van der Waals surface area contributed by atoms with Crippen molar-refractivity contribution in [2.75, 3.05) is 5.32 Å². The maximum absolute atomic E-state index is 13.4. The molecule has 0 saturated heterocycles. The van der Waals surface area contributed by atoms with Gasteiger partial charge in [-0.2, -0.15) is 28.6 Å². The smallest absolute Gasteiger partial charge is 0.304 e. The van der Waals surface area contributed by atoms with Gasteiger partial charge in [-0.15, -0.1) is 0 Å². The van der Waals surface area contributed by atoms with Crippen molar-refractivity contribution < 1.29 is 18.0 Å². The zero-order valence-corrected chi connectivity index (χ0v) is 13.9. The molecule has 1 amide bonds. The molecule has 0 bridgehead atoms. The molecule has 0 atom stereocenters. The van der Waals surface area contributed by atoms with Gasteiger partial charge >= 0.3 is 6.18 Å². The van der Waals surface area contributed by atoms with Crippen molar-refractivity contribution in [1.82, 2.24) is 24.4 Å². The van der Waals surface area contributed by atoms with Crippen LogP contribution in [0.25, 0.3) is 5.65 Å². The summed E-state index contributed by atoms with van der Waals surface area (Å²) in [5.41, 5.74) is -0.806. The first kappa shape index (κ1) is 17.0. The van der Waals surface area contributed by atoms with E-state index in [4.69, 9.17) is 5.26 Å². The second kappa shape index (κ2) is 5.80. The molecule has 8 nitrogen and oxygen atoms in total. The number of fused-ring (bicyclic) bond motifs is 1. The third kappa shape index (κ3) is 2.99. The summed E-state index contributed by atoms with van der Waals surface area (Å²) in [4.78, 5) is 16.7. The minimum Gasteiger partial charge on any atom is -0.304 e. The second-order valence-electron chi connectivity index (χ2n) is 6.23. The molecule has 1 N–H and O–H groups in total. The lowest BCUT2D eigenvalue weighted by atomic mass is 10.2. The molecule has 1 saturated carbocycles. The number of nitriles is 1. The SMILES string of the molecule is Cn1ncc(C#N)c1NC(=O)c1cc2nc(C3CC3)cc(C(F)(F)F)n2n1. The Morgan fingerprint density at radius 1 is 1.37 bits per heavy atom. The van der Waals surface area contributed by atoms with Gasteiger partial charge in [-0.1, -0.05) is 0 Å². The Hall–Kier alpha value is -3.42. The first-order chi connectivity index (χ1) is 12.8. The summed E-state index contributed by atoms with van der Waals surface area (Å²) in [6.07, 6.45) is -1.79. The monoisotopic (exact) mass is 375 g/mol. The van der Waals surface area contributed by atoms with Crippen LogP contribution in [0.4, 0.5) is 19.0 Å². The van der Waals surface area contributed by atoms with E-state index in [1.807, 2.05) is 6.07 Å². The average molecular weight is 375 g/mol. The molecular formula is C16H12F3N7O. The largest absolute Gasteiger partial charge is 0.433 e. The molecule has 1 aliphatic carbocycles. The van der Waals surface area contributed by atoms with Gasteiger partial charge in [0.15, 0.2) is 11.3 Å². The molecule has 138 valence electrons. The Morgan fingerprint density at radius 3 is 2.74 bits per heavy atom. The molecule has 1 fully saturated rings. The third-order valence-electron chi connectivity index (χ3n) is 4.26.